The van der Waals surface area contributed by atoms with Crippen LogP contribution in [0.15, 0.2) is 218 Å². The Bertz CT molecular complexity index is 2750. The summed E-state index contributed by atoms with van der Waals surface area (Å²) in [5.74, 6) is 0. The molecule has 7 aromatic carbocycles. The minimum Gasteiger partial charge on any atom is -0.318 e. The topological polar surface area (TPSA) is 6.48 Å². The minimum atomic E-state index is -0.653. The van der Waals surface area contributed by atoms with Crippen LogP contribution in [0.3, 0.4) is 0 Å². The van der Waals surface area contributed by atoms with E-state index < -0.39 is 5.00 Å². The molecule has 0 spiro atoms. The fourth-order valence-electron chi connectivity index (χ4n) is 9.35. The molecule has 2 atom stereocenters. The van der Waals surface area contributed by atoms with Crippen LogP contribution in [-0.4, -0.2) is 5.00 Å². The van der Waals surface area contributed by atoms with Gasteiger partial charge in [0.05, 0.1) is 4.32 Å². The molecule has 0 saturated carbocycles. The third-order valence-corrected chi connectivity index (χ3v) is 15.2. The Hall–Kier alpha value is -6.13. The molecular weight excluding hydrogens is 936 g/mol. The summed E-state index contributed by atoms with van der Waals surface area (Å²) in [5, 5.41) is 0. The summed E-state index contributed by atoms with van der Waals surface area (Å²) < 4.78 is -0.138. The van der Waals surface area contributed by atoms with E-state index >= 15 is 0 Å². The predicted octanol–water partition coefficient (Wildman–Crippen LogP) is 19.4. The van der Waals surface area contributed by atoms with Crippen molar-refractivity contribution >= 4 is 67.1 Å². The summed E-state index contributed by atoms with van der Waals surface area (Å²) in [6.07, 6.45) is 24.3. The highest BCUT2D eigenvalue weighted by atomic mass is 79.9. The van der Waals surface area contributed by atoms with E-state index in [-0.39, 0.29) is 4.32 Å². The van der Waals surface area contributed by atoms with E-state index in [9.17, 15) is 0 Å². The lowest BCUT2D eigenvalue weighted by Crippen LogP contribution is -2.40. The first-order valence-electron chi connectivity index (χ1n) is 25.6. The molecule has 0 bridgehead atoms. The van der Waals surface area contributed by atoms with E-state index in [1.807, 2.05) is 6.07 Å². The Labute approximate surface area is 432 Å². The molecule has 356 valence electrons. The SMILES string of the molecule is CCCCc1ccc(N(c2ccc(CCCC)cc2)c2ccc(C3=CCC(Br)(c4ccccc4)C=C3)cc2)cc1.CCc1ccc(N(c2ccc(CC)cc2)C2(Cl)C=CC(c3ccccc3)=CC2)cc1. The van der Waals surface area contributed by atoms with Crippen molar-refractivity contribution in [3.8, 4) is 0 Å². The number of unbranched alkanes of at least 4 members (excludes halogenated alkanes) is 2. The second kappa shape index (κ2) is 24.1. The summed E-state index contributed by atoms with van der Waals surface area (Å²) in [6, 6.07) is 65.9. The molecule has 0 saturated heterocycles. The zero-order valence-electron chi connectivity index (χ0n) is 41.5. The molecule has 4 heteroatoms. The minimum absolute atomic E-state index is 0.138. The number of halogens is 2. The van der Waals surface area contributed by atoms with Gasteiger partial charge in [-0.05, 0) is 162 Å². The van der Waals surface area contributed by atoms with Gasteiger partial charge in [0.1, 0.15) is 5.00 Å². The Kier molecular flexibility index (Phi) is 17.3. The van der Waals surface area contributed by atoms with Crippen LogP contribution in [-0.2, 0) is 30.0 Å². The summed E-state index contributed by atoms with van der Waals surface area (Å²) in [4.78, 5) is 3.98. The van der Waals surface area contributed by atoms with Crippen molar-refractivity contribution in [1.29, 1.82) is 0 Å². The number of nitrogens with zero attached hydrogens (tertiary/aromatic N) is 2. The van der Waals surface area contributed by atoms with E-state index in [2.05, 4.69) is 266 Å². The van der Waals surface area contributed by atoms with Crippen LogP contribution in [0.5, 0.6) is 0 Å². The predicted molar refractivity (Wildman–Crippen MR) is 308 cm³/mol. The van der Waals surface area contributed by atoms with Gasteiger partial charge in [0.15, 0.2) is 0 Å². The van der Waals surface area contributed by atoms with Gasteiger partial charge in [-0.15, -0.1) is 0 Å². The second-order valence-electron chi connectivity index (χ2n) is 18.6. The molecule has 7 aromatic rings. The number of hydrogen-bond acceptors (Lipinski definition) is 2. The van der Waals surface area contributed by atoms with Crippen molar-refractivity contribution in [2.45, 2.75) is 101 Å². The lowest BCUT2D eigenvalue weighted by Gasteiger charge is -2.40. The molecule has 0 radical (unpaired) electrons. The highest BCUT2D eigenvalue weighted by Gasteiger charge is 2.35. The lowest BCUT2D eigenvalue weighted by molar-refractivity contribution is 0.711. The van der Waals surface area contributed by atoms with Gasteiger partial charge >= 0.3 is 0 Å². The van der Waals surface area contributed by atoms with E-state index in [1.54, 1.807) is 0 Å². The molecule has 70 heavy (non-hydrogen) atoms. The Morgan fingerprint density at radius 1 is 0.443 bits per heavy atom. The maximum absolute atomic E-state index is 7.30. The lowest BCUT2D eigenvalue weighted by atomic mass is 9.88. The number of aryl methyl sites for hydroxylation is 4. The van der Waals surface area contributed by atoms with E-state index in [1.165, 1.54) is 92.8 Å². The van der Waals surface area contributed by atoms with Crippen LogP contribution in [0.1, 0.15) is 105 Å². The second-order valence-corrected chi connectivity index (χ2v) is 20.7. The number of benzene rings is 7. The Balaban J connectivity index is 0.000000196. The summed E-state index contributed by atoms with van der Waals surface area (Å²) in [5.41, 5.74) is 17.5. The van der Waals surface area contributed by atoms with Crippen molar-refractivity contribution in [2.75, 3.05) is 9.80 Å². The molecule has 0 N–H and O–H groups in total. The van der Waals surface area contributed by atoms with Crippen LogP contribution < -0.4 is 9.80 Å². The standard InChI is InChI=1S/C38H40BrN.C28H28ClN/c1-3-5-10-30-14-20-35(21-15-30)40(36-22-16-31(17-23-36)11-6-4-2)37-24-18-32(19-25-37)33-26-28-38(39,29-27-33)34-12-8-7-9-13-34;1-3-22-10-14-26(15-11-22)30(27-16-12-23(4-2)13-17-27)28(29)20-18-25(19-21-28)24-8-6-5-7-9-24/h7-9,12-28H,3-6,10-11,29H2,1-2H3;5-20H,3-4,21H2,1-2H3. The van der Waals surface area contributed by atoms with Crippen LogP contribution in [0.4, 0.5) is 28.4 Å². The van der Waals surface area contributed by atoms with Crippen molar-refractivity contribution < 1.29 is 0 Å². The first-order chi connectivity index (χ1) is 34.2. The third kappa shape index (κ3) is 12.4. The number of hydrogen-bond donors (Lipinski definition) is 0. The highest BCUT2D eigenvalue weighted by Crippen LogP contribution is 2.44. The molecule has 0 amide bonds. The molecule has 2 aliphatic carbocycles. The van der Waals surface area contributed by atoms with Gasteiger partial charge in [0.2, 0.25) is 0 Å². The van der Waals surface area contributed by atoms with Gasteiger partial charge in [0.25, 0.3) is 0 Å². The smallest absolute Gasteiger partial charge is 0.141 e. The van der Waals surface area contributed by atoms with Crippen molar-refractivity contribution in [1.82, 2.24) is 0 Å². The van der Waals surface area contributed by atoms with Crippen molar-refractivity contribution in [3.63, 3.8) is 0 Å². The fourth-order valence-corrected chi connectivity index (χ4v) is 10.2. The summed E-state index contributed by atoms with van der Waals surface area (Å²) in [7, 11) is 0. The maximum atomic E-state index is 7.30. The molecule has 2 nitrogen and oxygen atoms in total. The summed E-state index contributed by atoms with van der Waals surface area (Å²) in [6.45, 7) is 8.86. The summed E-state index contributed by atoms with van der Waals surface area (Å²) >= 11 is 11.3. The third-order valence-electron chi connectivity index (χ3n) is 13.7. The van der Waals surface area contributed by atoms with E-state index in [0.29, 0.717) is 0 Å². The average molecular weight is 1000 g/mol. The van der Waals surface area contributed by atoms with E-state index in [4.69, 9.17) is 11.6 Å². The molecule has 0 aromatic heterocycles. The quantitative estimate of drug-likeness (QED) is 0.0663. The van der Waals surface area contributed by atoms with Gasteiger partial charge in [-0.3, -0.25) is 0 Å². The number of alkyl halides is 2. The van der Waals surface area contributed by atoms with Crippen LogP contribution in [0.2, 0.25) is 0 Å². The molecule has 2 unspecified atom stereocenters. The number of rotatable bonds is 17. The first-order valence-corrected chi connectivity index (χ1v) is 26.7. The average Bonchev–Trinajstić information content (AvgIpc) is 3.42. The number of anilines is 5. The molecule has 0 aliphatic heterocycles. The normalized spacial score (nSPS) is 17.2. The first kappa shape index (κ1) is 50.3. The molecule has 0 heterocycles. The van der Waals surface area contributed by atoms with Gasteiger partial charge in [-0.2, -0.15) is 0 Å². The van der Waals surface area contributed by atoms with Crippen LogP contribution in [0, 0.1) is 0 Å². The van der Waals surface area contributed by atoms with Gasteiger partial charge < -0.3 is 9.80 Å². The van der Waals surface area contributed by atoms with Crippen LogP contribution in [0.25, 0.3) is 11.1 Å². The Morgan fingerprint density at radius 3 is 1.26 bits per heavy atom. The van der Waals surface area contributed by atoms with Gasteiger partial charge in [-0.1, -0.05) is 220 Å². The van der Waals surface area contributed by atoms with Crippen molar-refractivity contribution in [3.05, 3.63) is 257 Å². The van der Waals surface area contributed by atoms with Gasteiger partial charge in [-0.25, -0.2) is 0 Å². The van der Waals surface area contributed by atoms with Crippen LogP contribution >= 0.6 is 27.5 Å². The zero-order chi connectivity index (χ0) is 48.8. The van der Waals surface area contributed by atoms with Gasteiger partial charge in [0, 0.05) is 34.9 Å². The fraction of sp³-hybridized carbons (Fsp3) is 0.242. The zero-order valence-corrected chi connectivity index (χ0v) is 43.8. The number of allylic oxidation sites excluding steroid dienone is 6. The highest BCUT2D eigenvalue weighted by molar-refractivity contribution is 9.09. The van der Waals surface area contributed by atoms with E-state index in [0.717, 1.165) is 49.9 Å². The monoisotopic (exact) mass is 1000 g/mol. The Morgan fingerprint density at radius 2 is 0.843 bits per heavy atom. The molecule has 2 aliphatic rings. The molecule has 0 fully saturated rings. The molecular formula is C66H68BrClN2. The largest absolute Gasteiger partial charge is 0.318 e. The maximum Gasteiger partial charge on any atom is 0.141 e. The molecule has 9 rings (SSSR count). The van der Waals surface area contributed by atoms with Crippen molar-refractivity contribution in [2.24, 2.45) is 0 Å².